The van der Waals surface area contributed by atoms with E-state index < -0.39 is 18.0 Å². The van der Waals surface area contributed by atoms with Crippen molar-refractivity contribution in [2.45, 2.75) is 51.3 Å². The Labute approximate surface area is 211 Å². The van der Waals surface area contributed by atoms with Gasteiger partial charge in [-0.1, -0.05) is 13.8 Å². The van der Waals surface area contributed by atoms with Crippen LogP contribution in [-0.2, 0) is 14.3 Å². The standard InChI is InChI=1S/C22H26N4O4S.2H2S/c1-13(2)9-15(22(29)26-8-4-6-18-19(26)17(27)11-30-18)24-20(28)16-12-31-21(25-16)14-5-3-7-23-10-14;;/h3,5,7,10,12-13,15,18-19H,4,6,8-9,11H2,1-2H3,(H,24,28);2*1H2/t15-,18+,19+;;/m0../s1. The van der Waals surface area contributed by atoms with Crippen LogP contribution in [0.25, 0.3) is 10.6 Å². The normalized spacial score (nSPS) is 20.5. The fraction of sp³-hybridized carbons (Fsp3) is 0.500. The number of nitrogens with zero attached hydrogens (tertiary/aromatic N) is 3. The molecule has 4 rings (SSSR count). The lowest BCUT2D eigenvalue weighted by molar-refractivity contribution is -0.142. The zero-order valence-corrected chi connectivity index (χ0v) is 21.4. The van der Waals surface area contributed by atoms with Gasteiger partial charge in [0.2, 0.25) is 5.91 Å². The van der Waals surface area contributed by atoms with Crippen molar-refractivity contribution in [1.82, 2.24) is 20.2 Å². The number of aromatic nitrogens is 2. The van der Waals surface area contributed by atoms with Gasteiger partial charge < -0.3 is 15.0 Å². The van der Waals surface area contributed by atoms with E-state index in [0.717, 1.165) is 18.4 Å². The molecule has 2 aliphatic rings. The van der Waals surface area contributed by atoms with Gasteiger partial charge in [-0.2, -0.15) is 27.0 Å². The summed E-state index contributed by atoms with van der Waals surface area (Å²) in [6.07, 6.45) is 5.17. The van der Waals surface area contributed by atoms with Crippen LogP contribution in [0.5, 0.6) is 0 Å². The highest BCUT2D eigenvalue weighted by molar-refractivity contribution is 7.59. The van der Waals surface area contributed by atoms with Crippen LogP contribution in [-0.4, -0.2) is 63.8 Å². The molecule has 2 aromatic rings. The van der Waals surface area contributed by atoms with Gasteiger partial charge in [0.25, 0.3) is 5.91 Å². The van der Waals surface area contributed by atoms with Crippen LogP contribution in [0.3, 0.4) is 0 Å². The molecule has 2 saturated heterocycles. The lowest BCUT2D eigenvalue weighted by Crippen LogP contribution is -2.58. The molecule has 0 radical (unpaired) electrons. The molecule has 11 heteroatoms. The Hall–Kier alpha value is -1.95. The number of carbonyl (C=O) groups is 3. The van der Waals surface area contributed by atoms with Gasteiger partial charge in [-0.05, 0) is 37.3 Å². The molecule has 0 aromatic carbocycles. The number of nitrogens with one attached hydrogen (secondary N) is 1. The molecule has 33 heavy (non-hydrogen) atoms. The summed E-state index contributed by atoms with van der Waals surface area (Å²) in [7, 11) is 0. The van der Waals surface area contributed by atoms with Crippen LogP contribution in [0.2, 0.25) is 0 Å². The summed E-state index contributed by atoms with van der Waals surface area (Å²) in [4.78, 5) is 48.7. The molecule has 0 saturated carbocycles. The Morgan fingerprint density at radius 2 is 2.12 bits per heavy atom. The van der Waals surface area contributed by atoms with E-state index in [-0.39, 0.29) is 63.0 Å². The lowest BCUT2D eigenvalue weighted by Gasteiger charge is -2.37. The minimum atomic E-state index is -0.719. The van der Waals surface area contributed by atoms with Crippen molar-refractivity contribution in [2.75, 3.05) is 13.2 Å². The molecular formula is C22H30N4O4S3. The molecule has 1 N–H and O–H groups in total. The predicted octanol–water partition coefficient (Wildman–Crippen LogP) is 2.53. The minimum absolute atomic E-state index is 0. The van der Waals surface area contributed by atoms with E-state index in [1.807, 2.05) is 26.0 Å². The summed E-state index contributed by atoms with van der Waals surface area (Å²) in [5.74, 6) is -0.494. The second kappa shape index (κ2) is 12.0. The average molecular weight is 511 g/mol. The van der Waals surface area contributed by atoms with Gasteiger partial charge in [0.1, 0.15) is 29.4 Å². The number of pyridine rings is 1. The number of fused-ring (bicyclic) bond motifs is 1. The third-order valence-electron chi connectivity index (χ3n) is 5.58. The van der Waals surface area contributed by atoms with Crippen LogP contribution in [0.15, 0.2) is 29.9 Å². The van der Waals surface area contributed by atoms with E-state index in [1.54, 1.807) is 22.7 Å². The van der Waals surface area contributed by atoms with E-state index in [9.17, 15) is 14.4 Å². The largest absolute Gasteiger partial charge is 0.368 e. The van der Waals surface area contributed by atoms with Gasteiger partial charge in [0.15, 0.2) is 5.78 Å². The summed E-state index contributed by atoms with van der Waals surface area (Å²) in [5.41, 5.74) is 1.10. The zero-order chi connectivity index (χ0) is 22.0. The van der Waals surface area contributed by atoms with Crippen LogP contribution in [0.4, 0.5) is 0 Å². The molecule has 0 unspecified atom stereocenters. The minimum Gasteiger partial charge on any atom is -0.368 e. The molecule has 3 atom stereocenters. The van der Waals surface area contributed by atoms with Crippen LogP contribution in [0.1, 0.15) is 43.6 Å². The monoisotopic (exact) mass is 510 g/mol. The van der Waals surface area contributed by atoms with Crippen molar-refractivity contribution in [3.8, 4) is 10.6 Å². The number of amides is 2. The number of piperidine rings is 1. The maximum Gasteiger partial charge on any atom is 0.271 e. The molecular weight excluding hydrogens is 480 g/mol. The number of ketones is 1. The van der Waals surface area contributed by atoms with Crippen LogP contribution < -0.4 is 5.32 Å². The highest BCUT2D eigenvalue weighted by Crippen LogP contribution is 2.28. The Bertz CT molecular complexity index is 970. The van der Waals surface area contributed by atoms with Gasteiger partial charge in [0.05, 0.1) is 6.10 Å². The summed E-state index contributed by atoms with van der Waals surface area (Å²) in [6.45, 7) is 4.55. The first kappa shape index (κ1) is 27.3. The van der Waals surface area contributed by atoms with E-state index in [0.29, 0.717) is 18.0 Å². The molecule has 8 nitrogen and oxygen atoms in total. The first-order valence-electron chi connectivity index (χ1n) is 10.6. The molecule has 0 bridgehead atoms. The summed E-state index contributed by atoms with van der Waals surface area (Å²) >= 11 is 1.35. The molecule has 2 aliphatic heterocycles. The fourth-order valence-electron chi connectivity index (χ4n) is 4.16. The number of rotatable bonds is 6. The van der Waals surface area contributed by atoms with Crippen molar-refractivity contribution in [2.24, 2.45) is 5.92 Å². The third-order valence-corrected chi connectivity index (χ3v) is 6.48. The molecule has 0 aliphatic carbocycles. The number of Topliss-reactive ketones (excluding diaryl/α,β-unsaturated/α-hetero) is 1. The lowest BCUT2D eigenvalue weighted by atomic mass is 9.95. The van der Waals surface area contributed by atoms with E-state index in [1.165, 1.54) is 11.3 Å². The summed E-state index contributed by atoms with van der Waals surface area (Å²) in [5, 5.41) is 5.24. The Kier molecular flexibility index (Phi) is 9.89. The zero-order valence-electron chi connectivity index (χ0n) is 18.6. The maximum absolute atomic E-state index is 13.4. The number of likely N-dealkylation sites (tertiary alicyclic amines) is 1. The van der Waals surface area contributed by atoms with E-state index in [2.05, 4.69) is 15.3 Å². The van der Waals surface area contributed by atoms with E-state index >= 15 is 0 Å². The Balaban J connectivity index is 0.00000193. The van der Waals surface area contributed by atoms with Gasteiger partial charge in [-0.25, -0.2) is 4.98 Å². The van der Waals surface area contributed by atoms with Gasteiger partial charge in [-0.15, -0.1) is 11.3 Å². The van der Waals surface area contributed by atoms with Crippen LogP contribution >= 0.6 is 38.3 Å². The SMILES string of the molecule is CC(C)C[C@H](NC(=O)c1csc(-c2cccnc2)n1)C(=O)N1CCC[C@H]2OCC(=O)[C@H]21.S.S. The number of ether oxygens (including phenoxy) is 1. The first-order chi connectivity index (χ1) is 14.9. The van der Waals surface area contributed by atoms with Crippen molar-refractivity contribution in [3.63, 3.8) is 0 Å². The highest BCUT2D eigenvalue weighted by atomic mass is 32.1. The molecule has 180 valence electrons. The predicted molar refractivity (Wildman–Crippen MR) is 136 cm³/mol. The summed E-state index contributed by atoms with van der Waals surface area (Å²) in [6, 6.07) is 2.44. The number of hydrogen-bond acceptors (Lipinski definition) is 7. The third kappa shape index (κ3) is 6.14. The van der Waals surface area contributed by atoms with Crippen LogP contribution in [0, 0.1) is 5.92 Å². The van der Waals surface area contributed by atoms with Crippen molar-refractivity contribution in [1.29, 1.82) is 0 Å². The van der Waals surface area contributed by atoms with Gasteiger partial charge in [0, 0.05) is 29.9 Å². The molecule has 4 heterocycles. The van der Waals surface area contributed by atoms with Gasteiger partial charge in [-0.3, -0.25) is 19.4 Å². The Morgan fingerprint density at radius 3 is 2.82 bits per heavy atom. The second-order valence-corrected chi connectivity index (χ2v) is 9.23. The van der Waals surface area contributed by atoms with Crippen molar-refractivity contribution < 1.29 is 19.1 Å². The number of thiazole rings is 1. The van der Waals surface area contributed by atoms with E-state index in [4.69, 9.17) is 4.74 Å². The van der Waals surface area contributed by atoms with Gasteiger partial charge >= 0.3 is 0 Å². The topological polar surface area (TPSA) is 101 Å². The second-order valence-electron chi connectivity index (χ2n) is 8.37. The first-order valence-corrected chi connectivity index (χ1v) is 11.4. The summed E-state index contributed by atoms with van der Waals surface area (Å²) < 4.78 is 5.56. The Morgan fingerprint density at radius 1 is 1.33 bits per heavy atom. The van der Waals surface area contributed by atoms with Crippen molar-refractivity contribution >= 4 is 55.9 Å². The molecule has 2 aromatic heterocycles. The number of hydrogen-bond donors (Lipinski definition) is 1. The maximum atomic E-state index is 13.4. The quantitative estimate of drug-likeness (QED) is 0.641. The van der Waals surface area contributed by atoms with Crippen molar-refractivity contribution in [3.05, 3.63) is 35.6 Å². The number of carbonyl (C=O) groups excluding carboxylic acids is 3. The molecule has 0 spiro atoms. The average Bonchev–Trinajstić information content (AvgIpc) is 3.41. The highest BCUT2D eigenvalue weighted by Gasteiger charge is 2.45. The molecule has 2 amide bonds. The fourth-order valence-corrected chi connectivity index (χ4v) is 4.95. The molecule has 2 fully saturated rings. The smallest absolute Gasteiger partial charge is 0.271 e.